The second-order valence-electron chi connectivity index (χ2n) is 6.04. The average molecular weight is 212 g/mol. The molecule has 0 aromatic rings. The highest BCUT2D eigenvalue weighted by Crippen LogP contribution is 2.41. The minimum Gasteiger partial charge on any atom is -0.0654 e. The summed E-state index contributed by atoms with van der Waals surface area (Å²) in [5.41, 5.74) is 0.488. The molecule has 3 atom stereocenters. The van der Waals surface area contributed by atoms with Gasteiger partial charge in [-0.1, -0.05) is 74.1 Å². The first-order valence-electron chi connectivity index (χ1n) is 6.87. The largest absolute Gasteiger partial charge is 0.0654 e. The number of hydrogen-bond acceptors (Lipinski definition) is 0. The van der Waals surface area contributed by atoms with E-state index in [0.717, 1.165) is 17.8 Å². The van der Waals surface area contributed by atoms with E-state index in [9.17, 15) is 0 Å². The monoisotopic (exact) mass is 212 g/mol. The SMILES string of the molecule is CCCCC(C)C(C)C(C)(C)C(C)CC. The second kappa shape index (κ2) is 6.55. The third-order valence-electron chi connectivity index (χ3n) is 4.92. The molecular formula is C15H32. The molecule has 0 amide bonds. The minimum atomic E-state index is 0.488. The predicted octanol–water partition coefficient (Wildman–Crippen LogP) is 5.52. The van der Waals surface area contributed by atoms with E-state index < -0.39 is 0 Å². The quantitative estimate of drug-likeness (QED) is 0.521. The summed E-state index contributed by atoms with van der Waals surface area (Å²) >= 11 is 0. The summed E-state index contributed by atoms with van der Waals surface area (Å²) in [5.74, 6) is 2.53. The fourth-order valence-electron chi connectivity index (χ4n) is 2.48. The Morgan fingerprint density at radius 2 is 1.53 bits per heavy atom. The van der Waals surface area contributed by atoms with E-state index in [1.807, 2.05) is 0 Å². The van der Waals surface area contributed by atoms with Crippen molar-refractivity contribution in [2.24, 2.45) is 23.2 Å². The highest BCUT2D eigenvalue weighted by Gasteiger charge is 2.33. The van der Waals surface area contributed by atoms with Crippen molar-refractivity contribution >= 4 is 0 Å². The van der Waals surface area contributed by atoms with E-state index in [4.69, 9.17) is 0 Å². The summed E-state index contributed by atoms with van der Waals surface area (Å²) in [6, 6.07) is 0. The van der Waals surface area contributed by atoms with Crippen LogP contribution < -0.4 is 0 Å². The van der Waals surface area contributed by atoms with Crippen LogP contribution in [0.1, 0.15) is 74.1 Å². The molecule has 0 saturated carbocycles. The van der Waals surface area contributed by atoms with Crippen molar-refractivity contribution in [3.8, 4) is 0 Å². The Hall–Kier alpha value is 0. The molecule has 0 heteroatoms. The average Bonchev–Trinajstić information content (AvgIpc) is 2.23. The first-order chi connectivity index (χ1) is 6.87. The predicted molar refractivity (Wildman–Crippen MR) is 71.1 cm³/mol. The van der Waals surface area contributed by atoms with E-state index in [1.54, 1.807) is 0 Å². The second-order valence-corrected chi connectivity index (χ2v) is 6.04. The van der Waals surface area contributed by atoms with Crippen LogP contribution in [-0.4, -0.2) is 0 Å². The highest BCUT2D eigenvalue weighted by atomic mass is 14.4. The molecule has 0 heterocycles. The lowest BCUT2D eigenvalue weighted by atomic mass is 9.65. The maximum atomic E-state index is 2.45. The maximum Gasteiger partial charge on any atom is -0.0300 e. The van der Waals surface area contributed by atoms with Gasteiger partial charge in [0, 0.05) is 0 Å². The Morgan fingerprint density at radius 1 is 1.00 bits per heavy atom. The van der Waals surface area contributed by atoms with Gasteiger partial charge in [-0.15, -0.1) is 0 Å². The topological polar surface area (TPSA) is 0 Å². The van der Waals surface area contributed by atoms with Crippen molar-refractivity contribution in [2.75, 3.05) is 0 Å². The molecule has 0 aliphatic heterocycles. The first kappa shape index (κ1) is 15.0. The van der Waals surface area contributed by atoms with Crippen LogP contribution in [0.2, 0.25) is 0 Å². The van der Waals surface area contributed by atoms with Gasteiger partial charge in [0.2, 0.25) is 0 Å². The molecule has 0 saturated heterocycles. The molecule has 92 valence electrons. The van der Waals surface area contributed by atoms with Crippen molar-refractivity contribution < 1.29 is 0 Å². The number of hydrogen-bond donors (Lipinski definition) is 0. The summed E-state index contributed by atoms with van der Waals surface area (Å²) in [6.45, 7) is 16.8. The van der Waals surface area contributed by atoms with E-state index in [-0.39, 0.29) is 0 Å². The summed E-state index contributed by atoms with van der Waals surface area (Å²) in [5, 5.41) is 0. The Kier molecular flexibility index (Phi) is 6.55. The lowest BCUT2D eigenvalue weighted by Gasteiger charge is -2.40. The molecule has 0 N–H and O–H groups in total. The van der Waals surface area contributed by atoms with Crippen molar-refractivity contribution in [1.82, 2.24) is 0 Å². The van der Waals surface area contributed by atoms with Gasteiger partial charge in [-0.25, -0.2) is 0 Å². The summed E-state index contributed by atoms with van der Waals surface area (Å²) in [4.78, 5) is 0. The molecule has 0 bridgehead atoms. The summed E-state index contributed by atoms with van der Waals surface area (Å²) < 4.78 is 0. The fraction of sp³-hybridized carbons (Fsp3) is 1.00. The Bertz CT molecular complexity index is 157. The van der Waals surface area contributed by atoms with Crippen LogP contribution in [0, 0.1) is 23.2 Å². The Labute approximate surface area is 97.8 Å². The molecule has 3 unspecified atom stereocenters. The van der Waals surface area contributed by atoms with Crippen molar-refractivity contribution in [3.63, 3.8) is 0 Å². The van der Waals surface area contributed by atoms with Gasteiger partial charge in [0.1, 0.15) is 0 Å². The van der Waals surface area contributed by atoms with Gasteiger partial charge in [-0.2, -0.15) is 0 Å². The number of rotatable bonds is 7. The molecule has 0 radical (unpaired) electrons. The van der Waals surface area contributed by atoms with Crippen molar-refractivity contribution in [2.45, 2.75) is 74.1 Å². The maximum absolute atomic E-state index is 2.45. The van der Waals surface area contributed by atoms with Crippen LogP contribution in [-0.2, 0) is 0 Å². The van der Waals surface area contributed by atoms with Crippen LogP contribution >= 0.6 is 0 Å². The first-order valence-corrected chi connectivity index (χ1v) is 6.87. The zero-order valence-electron chi connectivity index (χ0n) is 12.1. The molecule has 0 aromatic heterocycles. The van der Waals surface area contributed by atoms with Crippen LogP contribution in [0.5, 0.6) is 0 Å². The molecule has 0 nitrogen and oxygen atoms in total. The summed E-state index contributed by atoms with van der Waals surface area (Å²) in [6.07, 6.45) is 5.43. The van der Waals surface area contributed by atoms with Gasteiger partial charge in [-0.05, 0) is 23.2 Å². The van der Waals surface area contributed by atoms with Crippen LogP contribution in [0.15, 0.2) is 0 Å². The van der Waals surface area contributed by atoms with Crippen LogP contribution in [0.25, 0.3) is 0 Å². The molecule has 0 fully saturated rings. The van der Waals surface area contributed by atoms with Gasteiger partial charge >= 0.3 is 0 Å². The third kappa shape index (κ3) is 4.17. The molecule has 0 aromatic carbocycles. The Morgan fingerprint density at radius 3 is 1.93 bits per heavy atom. The van der Waals surface area contributed by atoms with Crippen molar-refractivity contribution in [3.05, 3.63) is 0 Å². The highest BCUT2D eigenvalue weighted by molar-refractivity contribution is 4.82. The van der Waals surface area contributed by atoms with Gasteiger partial charge in [-0.3, -0.25) is 0 Å². The van der Waals surface area contributed by atoms with E-state index >= 15 is 0 Å². The molecule has 0 rings (SSSR count). The third-order valence-corrected chi connectivity index (χ3v) is 4.92. The van der Waals surface area contributed by atoms with Gasteiger partial charge in [0.15, 0.2) is 0 Å². The molecule has 15 heavy (non-hydrogen) atoms. The van der Waals surface area contributed by atoms with E-state index in [0.29, 0.717) is 5.41 Å². The van der Waals surface area contributed by atoms with Gasteiger partial charge in [0.25, 0.3) is 0 Å². The lowest BCUT2D eigenvalue weighted by molar-refractivity contribution is 0.0885. The summed E-state index contributed by atoms with van der Waals surface area (Å²) in [7, 11) is 0. The van der Waals surface area contributed by atoms with Crippen LogP contribution in [0.4, 0.5) is 0 Å². The smallest absolute Gasteiger partial charge is 0.0300 e. The van der Waals surface area contributed by atoms with E-state index in [1.165, 1.54) is 25.7 Å². The molecule has 0 aliphatic rings. The lowest BCUT2D eigenvalue weighted by Crippen LogP contribution is -2.33. The minimum absolute atomic E-state index is 0.488. The fourth-order valence-corrected chi connectivity index (χ4v) is 2.48. The molecule has 0 aliphatic carbocycles. The van der Waals surface area contributed by atoms with E-state index in [2.05, 4.69) is 48.5 Å². The van der Waals surface area contributed by atoms with Gasteiger partial charge in [0.05, 0.1) is 0 Å². The Balaban J connectivity index is 4.32. The zero-order chi connectivity index (χ0) is 12.1. The van der Waals surface area contributed by atoms with Crippen molar-refractivity contribution in [1.29, 1.82) is 0 Å². The standard InChI is InChI=1S/C15H32/c1-8-10-11-12(3)14(5)15(6,7)13(4)9-2/h12-14H,8-11H2,1-7H3. The molecule has 0 spiro atoms. The zero-order valence-corrected chi connectivity index (χ0v) is 12.1. The number of unbranched alkanes of at least 4 members (excludes halogenated alkanes) is 1. The van der Waals surface area contributed by atoms with Crippen LogP contribution in [0.3, 0.4) is 0 Å². The molecular weight excluding hydrogens is 180 g/mol. The van der Waals surface area contributed by atoms with Gasteiger partial charge < -0.3 is 0 Å². The normalized spacial score (nSPS) is 18.6.